The number of methoxy groups -OCH3 is 1. The monoisotopic (exact) mass is 517 g/mol. The van der Waals surface area contributed by atoms with Gasteiger partial charge in [-0.1, -0.05) is 26.0 Å². The number of guanidine groups is 1. The van der Waals surface area contributed by atoms with Gasteiger partial charge in [0.1, 0.15) is 5.01 Å². The largest absolute Gasteiger partial charge is 0.453 e. The number of carbonyl (C=O) groups is 1. The number of aliphatic imine (C=N–C) groups is 1. The van der Waals surface area contributed by atoms with Crippen molar-refractivity contribution in [3.63, 3.8) is 0 Å². The second kappa shape index (κ2) is 12.6. The quantitative estimate of drug-likeness (QED) is 0.289. The van der Waals surface area contributed by atoms with E-state index in [-0.39, 0.29) is 24.0 Å². The number of benzene rings is 1. The Morgan fingerprint density at radius 2 is 1.96 bits per heavy atom. The van der Waals surface area contributed by atoms with Crippen LogP contribution in [0.5, 0.6) is 0 Å². The maximum atomic E-state index is 11.2. The molecule has 0 spiro atoms. The van der Waals surface area contributed by atoms with Crippen LogP contribution in [-0.2, 0) is 17.8 Å². The predicted octanol–water partition coefficient (Wildman–Crippen LogP) is 4.32. The first-order valence-electron chi connectivity index (χ1n) is 8.92. The maximum Gasteiger partial charge on any atom is 0.411 e. The third kappa shape index (κ3) is 8.01. The maximum absolute atomic E-state index is 11.2. The van der Waals surface area contributed by atoms with E-state index in [1.807, 2.05) is 31.2 Å². The van der Waals surface area contributed by atoms with E-state index in [0.29, 0.717) is 24.7 Å². The number of rotatable bonds is 7. The number of ether oxygens (including phenoxy) is 1. The molecule has 0 radical (unpaired) electrons. The van der Waals surface area contributed by atoms with E-state index >= 15 is 0 Å². The van der Waals surface area contributed by atoms with E-state index < -0.39 is 6.09 Å². The molecule has 0 atom stereocenters. The zero-order valence-electron chi connectivity index (χ0n) is 16.6. The summed E-state index contributed by atoms with van der Waals surface area (Å²) >= 11 is 1.66. The van der Waals surface area contributed by atoms with Crippen LogP contribution in [-0.4, -0.2) is 30.7 Å². The molecule has 7 nitrogen and oxygen atoms in total. The molecule has 1 aromatic heterocycles. The summed E-state index contributed by atoms with van der Waals surface area (Å²) in [7, 11) is 1.34. The highest BCUT2D eigenvalue weighted by Crippen LogP contribution is 2.17. The number of aromatic nitrogens is 1. The van der Waals surface area contributed by atoms with Crippen molar-refractivity contribution in [1.29, 1.82) is 0 Å². The third-order valence-electron chi connectivity index (χ3n) is 3.72. The van der Waals surface area contributed by atoms with E-state index in [9.17, 15) is 4.79 Å². The molecule has 0 saturated carbocycles. The molecule has 0 fully saturated rings. The number of amides is 1. The number of hydrogen-bond donors (Lipinski definition) is 3. The van der Waals surface area contributed by atoms with Crippen molar-refractivity contribution in [2.75, 3.05) is 19.0 Å². The van der Waals surface area contributed by atoms with Gasteiger partial charge >= 0.3 is 6.09 Å². The summed E-state index contributed by atoms with van der Waals surface area (Å²) in [4.78, 5) is 20.4. The van der Waals surface area contributed by atoms with Gasteiger partial charge in [-0.2, -0.15) is 0 Å². The predicted molar refractivity (Wildman–Crippen MR) is 126 cm³/mol. The van der Waals surface area contributed by atoms with Crippen LogP contribution in [0.1, 0.15) is 43.0 Å². The molecule has 154 valence electrons. The summed E-state index contributed by atoms with van der Waals surface area (Å²) in [6.07, 6.45) is -0.484. The smallest absolute Gasteiger partial charge is 0.411 e. The summed E-state index contributed by atoms with van der Waals surface area (Å²) in [6, 6.07) is 7.50. The molecule has 28 heavy (non-hydrogen) atoms. The second-order valence-corrected chi connectivity index (χ2v) is 7.13. The molecule has 0 aliphatic rings. The average Bonchev–Trinajstić information content (AvgIpc) is 3.14. The van der Waals surface area contributed by atoms with Crippen LogP contribution in [0.25, 0.3) is 0 Å². The van der Waals surface area contributed by atoms with Gasteiger partial charge in [-0.25, -0.2) is 14.8 Å². The van der Waals surface area contributed by atoms with E-state index in [1.165, 1.54) is 7.11 Å². The molecule has 1 heterocycles. The van der Waals surface area contributed by atoms with Crippen LogP contribution >= 0.6 is 35.3 Å². The molecule has 0 saturated heterocycles. The van der Waals surface area contributed by atoms with Crippen LogP contribution in [0, 0.1) is 0 Å². The second-order valence-electron chi connectivity index (χ2n) is 6.18. The molecule has 9 heteroatoms. The summed E-state index contributed by atoms with van der Waals surface area (Å²) in [5.74, 6) is 1.18. The number of carbonyl (C=O) groups excluding carboxylic acids is 1. The van der Waals surface area contributed by atoms with Gasteiger partial charge in [0.15, 0.2) is 5.96 Å². The molecule has 1 amide bonds. The van der Waals surface area contributed by atoms with E-state index in [1.54, 1.807) is 11.3 Å². The highest BCUT2D eigenvalue weighted by Gasteiger charge is 2.06. The molecule has 3 N–H and O–H groups in total. The Hall–Kier alpha value is -1.88. The van der Waals surface area contributed by atoms with Gasteiger partial charge in [0, 0.05) is 17.6 Å². The zero-order chi connectivity index (χ0) is 19.6. The van der Waals surface area contributed by atoms with Gasteiger partial charge in [0.2, 0.25) is 0 Å². The number of hydrogen-bond acceptors (Lipinski definition) is 5. The topological polar surface area (TPSA) is 87.6 Å². The lowest BCUT2D eigenvalue weighted by molar-refractivity contribution is 0.187. The third-order valence-corrected chi connectivity index (χ3v) is 4.58. The molecule has 2 rings (SSSR count). The van der Waals surface area contributed by atoms with Gasteiger partial charge in [0.05, 0.1) is 25.9 Å². The van der Waals surface area contributed by atoms with Crippen LogP contribution in [0.15, 0.2) is 34.6 Å². The lowest BCUT2D eigenvalue weighted by atomic mass is 10.2. The highest BCUT2D eigenvalue weighted by atomic mass is 127. The van der Waals surface area contributed by atoms with Crippen molar-refractivity contribution in [1.82, 2.24) is 15.6 Å². The van der Waals surface area contributed by atoms with Crippen LogP contribution < -0.4 is 16.0 Å². The molecule has 0 aliphatic heterocycles. The first kappa shape index (κ1) is 24.2. The number of nitrogens with one attached hydrogen (secondary N) is 3. The number of anilines is 1. The highest BCUT2D eigenvalue weighted by molar-refractivity contribution is 14.0. The van der Waals surface area contributed by atoms with E-state index in [0.717, 1.165) is 28.8 Å². The lowest BCUT2D eigenvalue weighted by Gasteiger charge is -2.10. The summed E-state index contributed by atoms with van der Waals surface area (Å²) < 4.78 is 4.58. The van der Waals surface area contributed by atoms with Crippen LogP contribution in [0.3, 0.4) is 0 Å². The first-order chi connectivity index (χ1) is 13.0. The minimum Gasteiger partial charge on any atom is -0.453 e. The number of halogens is 1. The molecule has 0 bridgehead atoms. The van der Waals surface area contributed by atoms with Gasteiger partial charge in [-0.3, -0.25) is 5.32 Å². The fourth-order valence-electron chi connectivity index (χ4n) is 2.21. The molecular weight excluding hydrogens is 489 g/mol. The van der Waals surface area contributed by atoms with Crippen molar-refractivity contribution >= 4 is 53.1 Å². The van der Waals surface area contributed by atoms with E-state index in [4.69, 9.17) is 0 Å². The standard InChI is InChI=1S/C19H27N5O2S.HI/c1-5-20-18(22-11-17-24-16(12-27-17)13(2)3)21-10-14-6-8-15(9-7-14)23-19(25)26-4;/h6-9,12-13H,5,10-11H2,1-4H3,(H,23,25)(H2,20,21,22);1H. The minimum absolute atomic E-state index is 0. The fraction of sp³-hybridized carbons (Fsp3) is 0.421. The van der Waals surface area contributed by atoms with Crippen molar-refractivity contribution in [2.24, 2.45) is 4.99 Å². The number of thiazole rings is 1. The molecule has 2 aromatic rings. The van der Waals surface area contributed by atoms with Crippen molar-refractivity contribution in [3.8, 4) is 0 Å². The SMILES string of the molecule is CCNC(=NCc1ccc(NC(=O)OC)cc1)NCc1nc(C(C)C)cs1.I. The van der Waals surface area contributed by atoms with E-state index in [2.05, 4.69) is 49.9 Å². The minimum atomic E-state index is -0.484. The van der Waals surface area contributed by atoms with Gasteiger partial charge in [0.25, 0.3) is 0 Å². The van der Waals surface area contributed by atoms with Crippen LogP contribution in [0.4, 0.5) is 10.5 Å². The Balaban J connectivity index is 0.00000392. The lowest BCUT2D eigenvalue weighted by Crippen LogP contribution is -2.36. The summed E-state index contributed by atoms with van der Waals surface area (Å²) in [6.45, 7) is 8.27. The average molecular weight is 517 g/mol. The Morgan fingerprint density at radius 1 is 1.25 bits per heavy atom. The molecule has 0 aliphatic carbocycles. The Kier molecular flexibility index (Phi) is 10.8. The zero-order valence-corrected chi connectivity index (χ0v) is 19.8. The van der Waals surface area contributed by atoms with Crippen LogP contribution in [0.2, 0.25) is 0 Å². The first-order valence-corrected chi connectivity index (χ1v) is 9.80. The van der Waals surface area contributed by atoms with Gasteiger partial charge < -0.3 is 15.4 Å². The Bertz CT molecular complexity index is 762. The number of nitrogens with zero attached hydrogens (tertiary/aromatic N) is 2. The molecule has 1 aromatic carbocycles. The van der Waals surface area contributed by atoms with Crippen molar-refractivity contribution in [3.05, 3.63) is 45.9 Å². The summed E-state index contributed by atoms with van der Waals surface area (Å²) in [5, 5.41) is 12.3. The normalized spacial score (nSPS) is 11.0. The van der Waals surface area contributed by atoms with Gasteiger partial charge in [-0.05, 0) is 30.5 Å². The molecule has 0 unspecified atom stereocenters. The van der Waals surface area contributed by atoms with Gasteiger partial charge in [-0.15, -0.1) is 35.3 Å². The molecular formula is C19H28IN5O2S. The van der Waals surface area contributed by atoms with Crippen molar-refractivity contribution < 1.29 is 9.53 Å². The summed E-state index contributed by atoms with van der Waals surface area (Å²) in [5.41, 5.74) is 2.85. The van der Waals surface area contributed by atoms with Crippen molar-refractivity contribution in [2.45, 2.75) is 39.8 Å². The fourth-order valence-corrected chi connectivity index (χ4v) is 3.10. The Labute approximate surface area is 187 Å². The Morgan fingerprint density at radius 3 is 2.54 bits per heavy atom.